The van der Waals surface area contributed by atoms with Gasteiger partial charge in [0, 0.05) is 0 Å². The Hall–Kier alpha value is -1.50. The van der Waals surface area contributed by atoms with Gasteiger partial charge in [0.25, 0.3) is 0 Å². The number of H-pyrrole nitrogens is 1. The van der Waals surface area contributed by atoms with Crippen LogP contribution in [0.3, 0.4) is 0 Å². The molecule has 1 aliphatic rings. The molecule has 0 spiro atoms. The van der Waals surface area contributed by atoms with E-state index in [1.165, 1.54) is 0 Å². The zero-order valence-electron chi connectivity index (χ0n) is 9.23. The van der Waals surface area contributed by atoms with Crippen LogP contribution in [0.15, 0.2) is 0 Å². The molecule has 16 heavy (non-hydrogen) atoms. The molecule has 0 aromatic carbocycles. The van der Waals surface area contributed by atoms with E-state index in [0.29, 0.717) is 5.82 Å². The van der Waals surface area contributed by atoms with E-state index < -0.39 is 0 Å². The quantitative estimate of drug-likeness (QED) is 0.644. The average Bonchev–Trinajstić information content (AvgIpc) is 2.83. The number of carbonyl (C=O) groups is 1. The maximum absolute atomic E-state index is 11.8. The summed E-state index contributed by atoms with van der Waals surface area (Å²) in [4.78, 5) is 11.8. The summed E-state index contributed by atoms with van der Waals surface area (Å²) in [5.74, 6) is 0.515. The summed E-state index contributed by atoms with van der Waals surface area (Å²) < 4.78 is 0. The van der Waals surface area contributed by atoms with Gasteiger partial charge in [-0.3, -0.25) is 4.79 Å². The van der Waals surface area contributed by atoms with E-state index >= 15 is 0 Å². The van der Waals surface area contributed by atoms with Crippen LogP contribution in [0.25, 0.3) is 0 Å². The summed E-state index contributed by atoms with van der Waals surface area (Å²) in [5.41, 5.74) is 0. The second kappa shape index (κ2) is 5.02. The fraction of sp³-hybridized carbons (Fsp3) is 0.778. The molecule has 1 fully saturated rings. The lowest BCUT2D eigenvalue weighted by molar-refractivity contribution is -0.124. The molecule has 3 N–H and O–H groups in total. The number of hydrogen-bond acceptors (Lipinski definition) is 5. The zero-order valence-corrected chi connectivity index (χ0v) is 9.23. The molecule has 0 saturated carbocycles. The van der Waals surface area contributed by atoms with E-state index in [4.69, 9.17) is 0 Å². The molecule has 1 saturated heterocycles. The highest BCUT2D eigenvalue weighted by molar-refractivity contribution is 5.82. The lowest BCUT2D eigenvalue weighted by Crippen LogP contribution is -2.47. The van der Waals surface area contributed by atoms with Crippen LogP contribution in [0.5, 0.6) is 0 Å². The molecule has 0 aliphatic carbocycles. The molecule has 88 valence electrons. The van der Waals surface area contributed by atoms with Crippen molar-refractivity contribution in [1.29, 1.82) is 0 Å². The highest BCUT2D eigenvalue weighted by atomic mass is 16.2. The van der Waals surface area contributed by atoms with Crippen molar-refractivity contribution in [3.63, 3.8) is 0 Å². The molecule has 1 amide bonds. The number of amides is 1. The van der Waals surface area contributed by atoms with Crippen molar-refractivity contribution in [1.82, 2.24) is 31.3 Å². The number of nitrogens with one attached hydrogen (secondary N) is 3. The van der Waals surface area contributed by atoms with Crippen LogP contribution in [0, 0.1) is 0 Å². The van der Waals surface area contributed by atoms with Crippen molar-refractivity contribution in [2.75, 3.05) is 6.54 Å². The molecular weight excluding hydrogens is 208 g/mol. The van der Waals surface area contributed by atoms with Crippen LogP contribution < -0.4 is 10.6 Å². The molecule has 2 atom stereocenters. The summed E-state index contributed by atoms with van der Waals surface area (Å²) in [6.45, 7) is 2.75. The normalized spacial score (nSPS) is 22.7. The minimum atomic E-state index is -0.213. The van der Waals surface area contributed by atoms with Crippen molar-refractivity contribution in [2.45, 2.75) is 38.3 Å². The highest BCUT2D eigenvalue weighted by Crippen LogP contribution is 2.09. The first-order chi connectivity index (χ1) is 7.77. The van der Waals surface area contributed by atoms with Crippen molar-refractivity contribution in [2.24, 2.45) is 0 Å². The first kappa shape index (κ1) is 11.0. The van der Waals surface area contributed by atoms with E-state index in [9.17, 15) is 4.79 Å². The van der Waals surface area contributed by atoms with Crippen LogP contribution in [-0.2, 0) is 4.79 Å². The number of aromatic nitrogens is 4. The number of nitrogens with zero attached hydrogens (tertiary/aromatic N) is 3. The highest BCUT2D eigenvalue weighted by Gasteiger charge is 2.23. The van der Waals surface area contributed by atoms with Gasteiger partial charge in [-0.05, 0) is 26.3 Å². The smallest absolute Gasteiger partial charge is 0.237 e. The molecule has 1 aromatic heterocycles. The van der Waals surface area contributed by atoms with Crippen LogP contribution >= 0.6 is 0 Å². The molecule has 0 bridgehead atoms. The lowest BCUT2D eigenvalue weighted by atomic mass is 10.0. The van der Waals surface area contributed by atoms with Crippen molar-refractivity contribution < 1.29 is 4.79 Å². The Bertz CT molecular complexity index is 332. The molecule has 7 nitrogen and oxygen atoms in total. The Balaban J connectivity index is 1.86. The van der Waals surface area contributed by atoms with Gasteiger partial charge in [0.05, 0.1) is 12.1 Å². The predicted molar refractivity (Wildman–Crippen MR) is 56.4 cm³/mol. The Morgan fingerprint density at radius 1 is 1.56 bits per heavy atom. The Morgan fingerprint density at radius 2 is 2.44 bits per heavy atom. The van der Waals surface area contributed by atoms with Gasteiger partial charge in [-0.15, -0.1) is 10.2 Å². The Labute approximate surface area is 93.4 Å². The van der Waals surface area contributed by atoms with Crippen LogP contribution in [0.4, 0.5) is 0 Å². The monoisotopic (exact) mass is 224 g/mol. The van der Waals surface area contributed by atoms with Gasteiger partial charge < -0.3 is 10.6 Å². The molecule has 0 radical (unpaired) electrons. The number of rotatable bonds is 3. The molecule has 7 heteroatoms. The number of piperidine rings is 1. The molecule has 1 aromatic rings. The molecule has 1 unspecified atom stereocenters. The van der Waals surface area contributed by atoms with E-state index in [2.05, 4.69) is 31.3 Å². The first-order valence-corrected chi connectivity index (χ1v) is 5.54. The minimum absolute atomic E-state index is 0.0111. The fourth-order valence-corrected chi connectivity index (χ4v) is 1.81. The summed E-state index contributed by atoms with van der Waals surface area (Å²) in [5, 5.41) is 19.5. The summed E-state index contributed by atoms with van der Waals surface area (Å²) in [6, 6.07) is -0.293. The van der Waals surface area contributed by atoms with E-state index in [1.54, 1.807) is 0 Å². The SMILES string of the molecule is CC(NC(=O)[C@H]1CCCCN1)c1nn[nH]n1. The van der Waals surface area contributed by atoms with Gasteiger partial charge in [0.1, 0.15) is 0 Å². The molecular formula is C9H16N6O. The van der Waals surface area contributed by atoms with Crippen molar-refractivity contribution in [3.8, 4) is 0 Å². The molecule has 2 rings (SSSR count). The third kappa shape index (κ3) is 2.54. The summed E-state index contributed by atoms with van der Waals surface area (Å²) in [6.07, 6.45) is 3.14. The van der Waals surface area contributed by atoms with Crippen molar-refractivity contribution in [3.05, 3.63) is 5.82 Å². The van der Waals surface area contributed by atoms with Gasteiger partial charge in [-0.25, -0.2) is 0 Å². The lowest BCUT2D eigenvalue weighted by Gasteiger charge is -2.23. The number of carbonyl (C=O) groups excluding carboxylic acids is 1. The fourth-order valence-electron chi connectivity index (χ4n) is 1.81. The maximum Gasteiger partial charge on any atom is 0.237 e. The number of aromatic amines is 1. The topological polar surface area (TPSA) is 95.6 Å². The zero-order chi connectivity index (χ0) is 11.4. The third-order valence-electron chi connectivity index (χ3n) is 2.73. The number of hydrogen-bond donors (Lipinski definition) is 3. The summed E-state index contributed by atoms with van der Waals surface area (Å²) >= 11 is 0. The molecule has 2 heterocycles. The van der Waals surface area contributed by atoms with Crippen molar-refractivity contribution >= 4 is 5.91 Å². The standard InChI is InChI=1S/C9H16N6O/c1-6(8-12-14-15-13-8)11-9(16)7-4-2-3-5-10-7/h6-7,10H,2-5H2,1H3,(H,11,16)(H,12,13,14,15)/t6?,7-/m1/s1. The minimum Gasteiger partial charge on any atom is -0.345 e. The first-order valence-electron chi connectivity index (χ1n) is 5.54. The molecule has 1 aliphatic heterocycles. The third-order valence-corrected chi connectivity index (χ3v) is 2.73. The maximum atomic E-state index is 11.8. The average molecular weight is 224 g/mol. The predicted octanol–water partition coefficient (Wildman–Crippen LogP) is -0.481. The largest absolute Gasteiger partial charge is 0.345 e. The second-order valence-corrected chi connectivity index (χ2v) is 4.00. The van der Waals surface area contributed by atoms with Gasteiger partial charge in [-0.2, -0.15) is 5.21 Å². The van der Waals surface area contributed by atoms with Gasteiger partial charge in [-0.1, -0.05) is 11.6 Å². The van der Waals surface area contributed by atoms with Crippen LogP contribution in [0.1, 0.15) is 38.1 Å². The second-order valence-electron chi connectivity index (χ2n) is 4.00. The number of tetrazole rings is 1. The van der Waals surface area contributed by atoms with Gasteiger partial charge in [0.15, 0.2) is 5.82 Å². The Morgan fingerprint density at radius 3 is 3.06 bits per heavy atom. The Kier molecular flexibility index (Phi) is 3.45. The van der Waals surface area contributed by atoms with Gasteiger partial charge in [0.2, 0.25) is 5.91 Å². The van der Waals surface area contributed by atoms with E-state index in [1.807, 2.05) is 6.92 Å². The van der Waals surface area contributed by atoms with E-state index in [-0.39, 0.29) is 18.0 Å². The van der Waals surface area contributed by atoms with Crippen LogP contribution in [0.2, 0.25) is 0 Å². The van der Waals surface area contributed by atoms with E-state index in [0.717, 1.165) is 25.8 Å². The van der Waals surface area contributed by atoms with Crippen LogP contribution in [-0.4, -0.2) is 39.1 Å². The van der Waals surface area contributed by atoms with Gasteiger partial charge >= 0.3 is 0 Å². The summed E-state index contributed by atoms with van der Waals surface area (Å²) in [7, 11) is 0.